The van der Waals surface area contributed by atoms with Crippen LogP contribution >= 0.6 is 0 Å². The van der Waals surface area contributed by atoms with Crippen LogP contribution in [0.25, 0.3) is 0 Å². The van der Waals surface area contributed by atoms with Crippen molar-refractivity contribution in [3.63, 3.8) is 0 Å². The highest BCUT2D eigenvalue weighted by Crippen LogP contribution is 2.20. The van der Waals surface area contributed by atoms with Crippen molar-refractivity contribution >= 4 is 36.0 Å². The Labute approximate surface area is 233 Å². The van der Waals surface area contributed by atoms with Crippen LogP contribution in [0.2, 0.25) is 0 Å². The third-order valence-corrected chi connectivity index (χ3v) is 5.55. The average Bonchev–Trinajstić information content (AvgIpc) is 3.55. The molecule has 1 saturated heterocycles. The number of carbonyl (C=O) groups is 6. The molecule has 17 nitrogen and oxygen atoms in total. The molecule has 0 radical (unpaired) electrons. The summed E-state index contributed by atoms with van der Waals surface area (Å²) in [5.74, 6) is -2.63. The topological polar surface area (TPSA) is 226 Å². The predicted molar refractivity (Wildman–Crippen MR) is 135 cm³/mol. The van der Waals surface area contributed by atoms with Gasteiger partial charge in [-0.3, -0.25) is 14.4 Å². The molecule has 17 heteroatoms. The molecular weight excluding hydrogens is 544 g/mol. The normalized spacial score (nSPS) is 15.7. The van der Waals surface area contributed by atoms with E-state index in [0.717, 1.165) is 5.56 Å². The summed E-state index contributed by atoms with van der Waals surface area (Å²) >= 11 is 0. The van der Waals surface area contributed by atoms with Crippen molar-refractivity contribution in [3.05, 3.63) is 41.7 Å². The van der Waals surface area contributed by atoms with E-state index in [0.29, 0.717) is 4.90 Å². The number of hydrogen-bond acceptors (Lipinski definition) is 11. The summed E-state index contributed by atoms with van der Waals surface area (Å²) in [5, 5.41) is 27.1. The zero-order chi connectivity index (χ0) is 30.2. The number of aromatic amines is 1. The number of carboxylic acid groups (broad SMARTS) is 1. The third-order valence-electron chi connectivity index (χ3n) is 5.55. The van der Waals surface area contributed by atoms with Gasteiger partial charge in [0.2, 0.25) is 5.91 Å². The number of imide groups is 2. The van der Waals surface area contributed by atoms with E-state index in [1.54, 1.807) is 51.1 Å². The number of alkyl carbamates (subject to hydrolysis) is 1. The molecule has 4 N–H and O–H groups in total. The van der Waals surface area contributed by atoms with Gasteiger partial charge < -0.3 is 25.2 Å². The second kappa shape index (κ2) is 13.3. The largest absolute Gasteiger partial charge is 0.465 e. The standard InChI is InChI=1S/C24H30N8O9/c1-24(2,3)41-21(36)26-15(9-10-18(33)40-13-14-7-5-4-6-8-14)20(35)32-16(12-31(22(32)37)23(38)39)19(34)25-11-17-27-29-30-28-17/h4-8,15-16H,9-13H2,1-3H3,(H,25,34)(H,26,36)(H,38,39)(H,27,28,29,30)/t15-,16?/m0/s1. The molecule has 0 spiro atoms. The van der Waals surface area contributed by atoms with Crippen LogP contribution in [0.3, 0.4) is 0 Å². The summed E-state index contributed by atoms with van der Waals surface area (Å²) in [5.41, 5.74) is -0.223. The average molecular weight is 575 g/mol. The first-order chi connectivity index (χ1) is 19.4. The van der Waals surface area contributed by atoms with Gasteiger partial charge >= 0.3 is 24.2 Å². The molecule has 2 atom stereocenters. The molecule has 2 aromatic rings. The maximum atomic E-state index is 13.6. The monoisotopic (exact) mass is 574 g/mol. The molecule has 41 heavy (non-hydrogen) atoms. The maximum absolute atomic E-state index is 13.6. The zero-order valence-corrected chi connectivity index (χ0v) is 22.5. The molecule has 1 fully saturated rings. The van der Waals surface area contributed by atoms with E-state index in [2.05, 4.69) is 31.3 Å². The molecule has 2 heterocycles. The fraction of sp³-hybridized carbons (Fsp3) is 0.458. The van der Waals surface area contributed by atoms with Gasteiger partial charge in [-0.15, -0.1) is 10.2 Å². The Balaban J connectivity index is 1.77. The van der Waals surface area contributed by atoms with E-state index >= 15 is 0 Å². The van der Waals surface area contributed by atoms with Crippen molar-refractivity contribution in [1.82, 2.24) is 41.1 Å². The Kier molecular flexibility index (Phi) is 9.89. The summed E-state index contributed by atoms with van der Waals surface area (Å²) in [6.07, 6.45) is -3.44. The first-order valence-electron chi connectivity index (χ1n) is 12.4. The van der Waals surface area contributed by atoms with Gasteiger partial charge in [-0.05, 0) is 32.8 Å². The number of nitrogens with one attached hydrogen (secondary N) is 3. The number of aromatic nitrogens is 4. The van der Waals surface area contributed by atoms with Crippen molar-refractivity contribution < 1.29 is 43.3 Å². The van der Waals surface area contributed by atoms with E-state index in [-0.39, 0.29) is 36.7 Å². The Morgan fingerprint density at radius 3 is 2.49 bits per heavy atom. The number of amides is 6. The number of esters is 1. The van der Waals surface area contributed by atoms with Crippen LogP contribution in [0.5, 0.6) is 0 Å². The first-order valence-corrected chi connectivity index (χ1v) is 12.4. The lowest BCUT2D eigenvalue weighted by molar-refractivity contribution is -0.145. The van der Waals surface area contributed by atoms with Gasteiger partial charge in [0.25, 0.3) is 5.91 Å². The second-order valence-electron chi connectivity index (χ2n) is 9.83. The molecule has 0 aliphatic carbocycles. The highest BCUT2D eigenvalue weighted by molar-refractivity contribution is 6.08. The Hall–Kier alpha value is -5.09. The van der Waals surface area contributed by atoms with E-state index < -0.39 is 60.2 Å². The van der Waals surface area contributed by atoms with Gasteiger partial charge in [-0.2, -0.15) is 5.21 Å². The first kappa shape index (κ1) is 30.5. The minimum Gasteiger partial charge on any atom is -0.465 e. The van der Waals surface area contributed by atoms with E-state index in [9.17, 15) is 33.9 Å². The molecule has 1 unspecified atom stereocenters. The van der Waals surface area contributed by atoms with Gasteiger partial charge in [0.1, 0.15) is 24.3 Å². The van der Waals surface area contributed by atoms with Crippen LogP contribution in [0, 0.1) is 0 Å². The van der Waals surface area contributed by atoms with E-state index in [1.807, 2.05) is 0 Å². The lowest BCUT2D eigenvalue weighted by Crippen LogP contribution is -2.55. The predicted octanol–water partition coefficient (Wildman–Crippen LogP) is 0.544. The molecule has 1 aliphatic rings. The van der Waals surface area contributed by atoms with Crippen LogP contribution in [0.1, 0.15) is 45.0 Å². The van der Waals surface area contributed by atoms with E-state index in [4.69, 9.17) is 9.47 Å². The van der Waals surface area contributed by atoms with Gasteiger partial charge in [-0.1, -0.05) is 35.5 Å². The van der Waals surface area contributed by atoms with Crippen molar-refractivity contribution in [2.45, 2.75) is 64.4 Å². The van der Waals surface area contributed by atoms with Crippen molar-refractivity contribution in [1.29, 1.82) is 0 Å². The lowest BCUT2D eigenvalue weighted by atomic mass is 10.1. The zero-order valence-electron chi connectivity index (χ0n) is 22.5. The fourth-order valence-electron chi connectivity index (χ4n) is 3.69. The molecule has 1 aliphatic heterocycles. The molecule has 1 aromatic heterocycles. The number of rotatable bonds is 10. The van der Waals surface area contributed by atoms with Crippen LogP contribution < -0.4 is 10.6 Å². The maximum Gasteiger partial charge on any atom is 0.415 e. The number of ether oxygens (including phenoxy) is 2. The summed E-state index contributed by atoms with van der Waals surface area (Å²) in [6.45, 7) is 3.83. The van der Waals surface area contributed by atoms with Gasteiger partial charge in [-0.25, -0.2) is 24.2 Å². The molecule has 0 bridgehead atoms. The van der Waals surface area contributed by atoms with Crippen molar-refractivity contribution in [2.24, 2.45) is 0 Å². The molecule has 1 aromatic carbocycles. The Morgan fingerprint density at radius 1 is 1.17 bits per heavy atom. The number of H-pyrrole nitrogens is 1. The molecule has 0 saturated carbocycles. The number of tetrazole rings is 1. The van der Waals surface area contributed by atoms with Crippen LogP contribution in [-0.2, 0) is 37.0 Å². The molecule has 6 amide bonds. The lowest BCUT2D eigenvalue weighted by Gasteiger charge is -2.27. The minimum atomic E-state index is -1.69. The van der Waals surface area contributed by atoms with Gasteiger partial charge in [0.05, 0.1) is 13.1 Å². The summed E-state index contributed by atoms with van der Waals surface area (Å²) in [7, 11) is 0. The van der Waals surface area contributed by atoms with Crippen LogP contribution in [0.15, 0.2) is 30.3 Å². The fourth-order valence-corrected chi connectivity index (χ4v) is 3.69. The number of nitrogens with zero attached hydrogens (tertiary/aromatic N) is 5. The van der Waals surface area contributed by atoms with Crippen molar-refractivity contribution in [3.8, 4) is 0 Å². The molecule has 3 rings (SSSR count). The highest BCUT2D eigenvalue weighted by atomic mass is 16.6. The SMILES string of the molecule is CC(C)(C)OC(=O)N[C@@H](CCC(=O)OCc1ccccc1)C(=O)N1C(=O)N(C(=O)O)CC1C(=O)NCc1nn[nH]n1. The number of urea groups is 1. The smallest absolute Gasteiger partial charge is 0.415 e. The second-order valence-corrected chi connectivity index (χ2v) is 9.83. The quantitative estimate of drug-likeness (QED) is 0.285. The molecule has 220 valence electrons. The number of carbonyl (C=O) groups excluding carboxylic acids is 5. The summed E-state index contributed by atoms with van der Waals surface area (Å²) in [6, 6.07) is 4.39. The van der Waals surface area contributed by atoms with E-state index in [1.165, 1.54) is 0 Å². The van der Waals surface area contributed by atoms with Crippen LogP contribution in [0.4, 0.5) is 14.4 Å². The highest BCUT2D eigenvalue weighted by Gasteiger charge is 2.49. The van der Waals surface area contributed by atoms with Crippen LogP contribution in [-0.4, -0.2) is 95.8 Å². The van der Waals surface area contributed by atoms with Crippen molar-refractivity contribution in [2.75, 3.05) is 6.54 Å². The molecular formula is C24H30N8O9. The number of hydrogen-bond donors (Lipinski definition) is 4. The minimum absolute atomic E-state index is 0.0292. The Bertz CT molecular complexity index is 1260. The summed E-state index contributed by atoms with van der Waals surface area (Å²) < 4.78 is 10.4. The summed E-state index contributed by atoms with van der Waals surface area (Å²) in [4.78, 5) is 76.8. The van der Waals surface area contributed by atoms with Gasteiger partial charge in [0, 0.05) is 6.42 Å². The Morgan fingerprint density at radius 2 is 1.88 bits per heavy atom. The number of benzene rings is 1. The third kappa shape index (κ3) is 8.70. The van der Waals surface area contributed by atoms with Gasteiger partial charge in [0.15, 0.2) is 5.82 Å².